The summed E-state index contributed by atoms with van der Waals surface area (Å²) in [6.07, 6.45) is 5.80. The first-order chi connectivity index (χ1) is 15.0. The molecule has 0 radical (unpaired) electrons. The van der Waals surface area contributed by atoms with Gasteiger partial charge in [0.2, 0.25) is 5.91 Å². The van der Waals surface area contributed by atoms with Crippen molar-refractivity contribution in [3.8, 4) is 5.75 Å². The average molecular weight is 419 g/mol. The van der Waals surface area contributed by atoms with E-state index < -0.39 is 0 Å². The highest BCUT2D eigenvalue weighted by Gasteiger charge is 2.26. The molecule has 0 saturated heterocycles. The number of aromatic nitrogens is 1. The Hall–Kier alpha value is -3.08. The van der Waals surface area contributed by atoms with Gasteiger partial charge in [-0.3, -0.25) is 9.59 Å². The van der Waals surface area contributed by atoms with Gasteiger partial charge in [0.15, 0.2) is 0 Å². The first-order valence-electron chi connectivity index (χ1n) is 11.1. The number of hydrogen-bond donors (Lipinski definition) is 1. The molecular weight excluding hydrogens is 388 g/mol. The fraction of sp³-hybridized carbons (Fsp3) is 0.385. The van der Waals surface area contributed by atoms with Crippen molar-refractivity contribution in [2.24, 2.45) is 0 Å². The van der Waals surface area contributed by atoms with Gasteiger partial charge < -0.3 is 14.6 Å². The molecule has 1 saturated carbocycles. The van der Waals surface area contributed by atoms with Crippen LogP contribution in [-0.2, 0) is 17.8 Å². The number of pyridine rings is 1. The summed E-state index contributed by atoms with van der Waals surface area (Å²) in [4.78, 5) is 31.1. The molecule has 1 amide bonds. The van der Waals surface area contributed by atoms with Gasteiger partial charge in [-0.1, -0.05) is 43.0 Å². The van der Waals surface area contributed by atoms with Crippen molar-refractivity contribution in [1.29, 1.82) is 0 Å². The van der Waals surface area contributed by atoms with E-state index in [2.05, 4.69) is 11.1 Å². The minimum Gasteiger partial charge on any atom is -0.497 e. The Labute approximate surface area is 183 Å². The van der Waals surface area contributed by atoms with Crippen LogP contribution in [0.15, 0.2) is 53.3 Å². The van der Waals surface area contributed by atoms with E-state index in [1.54, 1.807) is 7.11 Å². The number of hydrogen-bond acceptors (Lipinski definition) is 3. The number of nitrogens with one attached hydrogen (secondary N) is 1. The molecule has 1 fully saturated rings. The van der Waals surface area contributed by atoms with Gasteiger partial charge in [-0.2, -0.15) is 0 Å². The van der Waals surface area contributed by atoms with E-state index in [0.717, 1.165) is 53.5 Å². The molecule has 0 spiro atoms. The molecule has 162 valence electrons. The number of benzene rings is 2. The minimum absolute atomic E-state index is 0.0702. The van der Waals surface area contributed by atoms with Crippen molar-refractivity contribution in [3.05, 3.63) is 75.6 Å². The smallest absolute Gasteiger partial charge is 0.253 e. The van der Waals surface area contributed by atoms with E-state index in [1.165, 1.54) is 6.42 Å². The number of carbonyl (C=O) groups is 1. The predicted molar refractivity (Wildman–Crippen MR) is 123 cm³/mol. The zero-order chi connectivity index (χ0) is 21.8. The third kappa shape index (κ3) is 4.98. The third-order valence-electron chi connectivity index (χ3n) is 6.27. The lowest BCUT2D eigenvalue weighted by Crippen LogP contribution is -2.42. The standard InChI is InChI=1S/C26H30N2O3/c1-18-8-13-24-20(14-18)16-21(26(30)27-24)17-28(22-6-4-3-5-7-22)25(29)15-19-9-11-23(31-2)12-10-19/h8-14,16,22H,3-7,15,17H2,1-2H3,(H,27,30). The molecule has 2 aromatic carbocycles. The van der Waals surface area contributed by atoms with Crippen LogP contribution in [0, 0.1) is 6.92 Å². The van der Waals surface area contributed by atoms with E-state index >= 15 is 0 Å². The largest absolute Gasteiger partial charge is 0.497 e. The summed E-state index contributed by atoms with van der Waals surface area (Å²) in [7, 11) is 1.63. The second-order valence-electron chi connectivity index (χ2n) is 8.55. The number of nitrogens with zero attached hydrogens (tertiary/aromatic N) is 1. The van der Waals surface area contributed by atoms with Gasteiger partial charge >= 0.3 is 0 Å². The summed E-state index contributed by atoms with van der Waals surface area (Å²) in [5.74, 6) is 0.846. The first kappa shape index (κ1) is 21.2. The fourth-order valence-electron chi connectivity index (χ4n) is 4.51. The zero-order valence-corrected chi connectivity index (χ0v) is 18.3. The van der Waals surface area contributed by atoms with Crippen LogP contribution in [0.4, 0.5) is 0 Å². The Balaban J connectivity index is 1.61. The van der Waals surface area contributed by atoms with Crippen molar-refractivity contribution < 1.29 is 9.53 Å². The third-order valence-corrected chi connectivity index (χ3v) is 6.27. The lowest BCUT2D eigenvalue weighted by molar-refractivity contribution is -0.134. The number of carbonyl (C=O) groups excluding carboxylic acids is 1. The molecule has 1 aliphatic carbocycles. The van der Waals surface area contributed by atoms with Crippen LogP contribution in [0.25, 0.3) is 10.9 Å². The molecule has 31 heavy (non-hydrogen) atoms. The number of rotatable bonds is 6. The van der Waals surface area contributed by atoms with Gasteiger partial charge in [0, 0.05) is 17.1 Å². The molecule has 1 N–H and O–H groups in total. The van der Waals surface area contributed by atoms with E-state index in [0.29, 0.717) is 18.5 Å². The number of aryl methyl sites for hydroxylation is 1. The van der Waals surface area contributed by atoms with E-state index in [9.17, 15) is 9.59 Å². The van der Waals surface area contributed by atoms with Crippen LogP contribution in [0.2, 0.25) is 0 Å². The van der Waals surface area contributed by atoms with E-state index in [1.807, 2.05) is 54.3 Å². The van der Waals surface area contributed by atoms with Crippen LogP contribution in [0.5, 0.6) is 5.75 Å². The second-order valence-corrected chi connectivity index (χ2v) is 8.55. The molecule has 0 atom stereocenters. The quantitative estimate of drug-likeness (QED) is 0.628. The molecule has 1 heterocycles. The van der Waals surface area contributed by atoms with Gasteiger partial charge in [-0.25, -0.2) is 0 Å². The highest BCUT2D eigenvalue weighted by Crippen LogP contribution is 2.25. The summed E-state index contributed by atoms with van der Waals surface area (Å²) in [6.45, 7) is 2.38. The molecule has 1 aromatic heterocycles. The first-order valence-corrected chi connectivity index (χ1v) is 11.1. The van der Waals surface area contributed by atoms with Crippen LogP contribution in [-0.4, -0.2) is 28.9 Å². The lowest BCUT2D eigenvalue weighted by atomic mass is 9.93. The summed E-state index contributed by atoms with van der Waals surface area (Å²) in [6, 6.07) is 15.7. The molecule has 0 unspecified atom stereocenters. The summed E-state index contributed by atoms with van der Waals surface area (Å²) >= 11 is 0. The summed E-state index contributed by atoms with van der Waals surface area (Å²) in [5.41, 5.74) is 3.45. The monoisotopic (exact) mass is 418 g/mol. The molecule has 0 bridgehead atoms. The van der Waals surface area contributed by atoms with Crippen LogP contribution < -0.4 is 10.3 Å². The second kappa shape index (κ2) is 9.38. The van der Waals surface area contributed by atoms with Crippen LogP contribution in [0.1, 0.15) is 48.8 Å². The maximum Gasteiger partial charge on any atom is 0.253 e. The van der Waals surface area contributed by atoms with E-state index in [4.69, 9.17) is 4.74 Å². The molecule has 5 nitrogen and oxygen atoms in total. The predicted octanol–water partition coefficient (Wildman–Crippen LogP) is 4.75. The summed E-state index contributed by atoms with van der Waals surface area (Å²) in [5, 5.41) is 1.00. The number of methoxy groups -OCH3 is 1. The molecule has 1 aliphatic rings. The molecule has 5 heteroatoms. The highest BCUT2D eigenvalue weighted by molar-refractivity contribution is 5.81. The van der Waals surface area contributed by atoms with Crippen molar-refractivity contribution in [1.82, 2.24) is 9.88 Å². The van der Waals surface area contributed by atoms with Crippen LogP contribution >= 0.6 is 0 Å². The summed E-state index contributed by atoms with van der Waals surface area (Å²) < 4.78 is 5.22. The molecular formula is C26H30N2O3. The number of aromatic amines is 1. The fourth-order valence-corrected chi connectivity index (χ4v) is 4.51. The van der Waals surface area contributed by atoms with Crippen molar-refractivity contribution in [2.45, 2.75) is 58.0 Å². The Morgan fingerprint density at radius 3 is 2.52 bits per heavy atom. The SMILES string of the molecule is COc1ccc(CC(=O)N(Cc2cc3cc(C)ccc3[nH]c2=O)C2CCCCC2)cc1. The van der Waals surface area contributed by atoms with Crippen molar-refractivity contribution in [3.63, 3.8) is 0 Å². The van der Waals surface area contributed by atoms with Crippen LogP contribution in [0.3, 0.4) is 0 Å². The lowest BCUT2D eigenvalue weighted by Gasteiger charge is -2.34. The number of ether oxygens (including phenoxy) is 1. The Kier molecular flexibility index (Phi) is 6.40. The number of fused-ring (bicyclic) bond motifs is 1. The molecule has 3 aromatic rings. The van der Waals surface area contributed by atoms with Crippen molar-refractivity contribution in [2.75, 3.05) is 7.11 Å². The Morgan fingerprint density at radius 2 is 1.81 bits per heavy atom. The molecule has 4 rings (SSSR count). The Bertz CT molecular complexity index is 1110. The molecule has 0 aliphatic heterocycles. The van der Waals surface area contributed by atoms with Gasteiger partial charge in [0.1, 0.15) is 5.75 Å². The van der Waals surface area contributed by atoms with Crippen molar-refractivity contribution >= 4 is 16.8 Å². The van der Waals surface area contributed by atoms with Gasteiger partial charge in [-0.15, -0.1) is 0 Å². The average Bonchev–Trinajstić information content (AvgIpc) is 2.79. The number of amides is 1. The maximum atomic E-state index is 13.4. The van der Waals surface area contributed by atoms with Gasteiger partial charge in [0.25, 0.3) is 5.56 Å². The number of H-pyrrole nitrogens is 1. The maximum absolute atomic E-state index is 13.4. The zero-order valence-electron chi connectivity index (χ0n) is 18.3. The van der Waals surface area contributed by atoms with Gasteiger partial charge in [0.05, 0.1) is 20.1 Å². The topological polar surface area (TPSA) is 62.4 Å². The van der Waals surface area contributed by atoms with E-state index in [-0.39, 0.29) is 17.5 Å². The normalized spacial score (nSPS) is 14.5. The highest BCUT2D eigenvalue weighted by atomic mass is 16.5. The minimum atomic E-state index is -0.116. The van der Waals surface area contributed by atoms with Gasteiger partial charge in [-0.05, 0) is 61.0 Å². The Morgan fingerprint density at radius 1 is 1.06 bits per heavy atom.